The molecule has 3 heteroatoms. The van der Waals surface area contributed by atoms with Crippen LogP contribution in [-0.2, 0) is 11.2 Å². The van der Waals surface area contributed by atoms with Crippen molar-refractivity contribution in [2.75, 3.05) is 13.2 Å². The van der Waals surface area contributed by atoms with E-state index in [0.29, 0.717) is 13.0 Å². The molecule has 0 saturated carbocycles. The number of rotatable bonds is 7. The minimum atomic E-state index is 0.0334. The Morgan fingerprint density at radius 3 is 2.47 bits per heavy atom. The van der Waals surface area contributed by atoms with Crippen LogP contribution in [0, 0.1) is 12.3 Å². The Morgan fingerprint density at radius 1 is 1.26 bits per heavy atom. The van der Waals surface area contributed by atoms with Gasteiger partial charge >= 0.3 is 0 Å². The number of nitrogens with one attached hydrogen (secondary N) is 1. The van der Waals surface area contributed by atoms with Crippen LogP contribution in [0.4, 0.5) is 0 Å². The first-order valence-electron chi connectivity index (χ1n) is 6.86. The summed E-state index contributed by atoms with van der Waals surface area (Å²) in [6.45, 7) is 7.11. The summed E-state index contributed by atoms with van der Waals surface area (Å²) in [7, 11) is 0. The first kappa shape index (κ1) is 15.7. The third kappa shape index (κ3) is 6.39. The molecular weight excluding hydrogens is 238 g/mol. The highest BCUT2D eigenvalue weighted by Crippen LogP contribution is 2.20. The SMILES string of the molecule is Cc1ccc(CC(=O)NCC(C)(C)CCCO)cc1. The van der Waals surface area contributed by atoms with Crippen LogP contribution < -0.4 is 5.32 Å². The van der Waals surface area contributed by atoms with Gasteiger partial charge in [-0.05, 0) is 30.7 Å². The molecule has 0 heterocycles. The van der Waals surface area contributed by atoms with Gasteiger partial charge in [-0.1, -0.05) is 43.7 Å². The van der Waals surface area contributed by atoms with Crippen molar-refractivity contribution in [3.63, 3.8) is 0 Å². The van der Waals surface area contributed by atoms with Crippen molar-refractivity contribution in [1.82, 2.24) is 5.32 Å². The van der Waals surface area contributed by atoms with E-state index in [1.165, 1.54) is 5.56 Å². The molecule has 3 nitrogen and oxygen atoms in total. The van der Waals surface area contributed by atoms with Gasteiger partial charge in [0.25, 0.3) is 0 Å². The van der Waals surface area contributed by atoms with E-state index in [2.05, 4.69) is 19.2 Å². The van der Waals surface area contributed by atoms with Crippen molar-refractivity contribution in [1.29, 1.82) is 0 Å². The fourth-order valence-electron chi connectivity index (χ4n) is 1.94. The molecule has 19 heavy (non-hydrogen) atoms. The third-order valence-electron chi connectivity index (χ3n) is 3.26. The molecule has 0 bridgehead atoms. The Kier molecular flexibility index (Phi) is 6.03. The Bertz CT molecular complexity index is 396. The second-order valence-electron chi connectivity index (χ2n) is 5.93. The molecule has 1 rings (SSSR count). The number of aliphatic hydroxyl groups is 1. The van der Waals surface area contributed by atoms with E-state index in [4.69, 9.17) is 5.11 Å². The van der Waals surface area contributed by atoms with Gasteiger partial charge in [0, 0.05) is 13.2 Å². The van der Waals surface area contributed by atoms with Gasteiger partial charge in [0.1, 0.15) is 0 Å². The van der Waals surface area contributed by atoms with Crippen molar-refractivity contribution in [2.45, 2.75) is 40.0 Å². The lowest BCUT2D eigenvalue weighted by Gasteiger charge is -2.24. The van der Waals surface area contributed by atoms with Crippen molar-refractivity contribution in [3.8, 4) is 0 Å². The molecule has 106 valence electrons. The molecule has 1 aromatic carbocycles. The van der Waals surface area contributed by atoms with Crippen LogP contribution in [0.15, 0.2) is 24.3 Å². The average Bonchev–Trinajstić information content (AvgIpc) is 2.37. The fraction of sp³-hybridized carbons (Fsp3) is 0.562. The molecule has 1 aromatic rings. The summed E-state index contributed by atoms with van der Waals surface area (Å²) in [6, 6.07) is 8.03. The topological polar surface area (TPSA) is 49.3 Å². The summed E-state index contributed by atoms with van der Waals surface area (Å²) >= 11 is 0. The molecular formula is C16H25NO2. The highest BCUT2D eigenvalue weighted by molar-refractivity contribution is 5.78. The second kappa shape index (κ2) is 7.29. The lowest BCUT2D eigenvalue weighted by Crippen LogP contribution is -2.35. The fourth-order valence-corrected chi connectivity index (χ4v) is 1.94. The Morgan fingerprint density at radius 2 is 1.89 bits per heavy atom. The Hall–Kier alpha value is -1.35. The van der Waals surface area contributed by atoms with Crippen LogP contribution in [0.25, 0.3) is 0 Å². The van der Waals surface area contributed by atoms with Crippen LogP contribution in [-0.4, -0.2) is 24.2 Å². The highest BCUT2D eigenvalue weighted by atomic mass is 16.2. The minimum Gasteiger partial charge on any atom is -0.396 e. The molecule has 0 radical (unpaired) electrons. The zero-order chi connectivity index (χ0) is 14.3. The molecule has 2 N–H and O–H groups in total. The largest absolute Gasteiger partial charge is 0.396 e. The number of hydrogen-bond donors (Lipinski definition) is 2. The van der Waals surface area contributed by atoms with E-state index in [1.807, 2.05) is 31.2 Å². The van der Waals surface area contributed by atoms with Crippen molar-refractivity contribution < 1.29 is 9.90 Å². The number of amides is 1. The minimum absolute atomic E-state index is 0.0334. The molecule has 0 fully saturated rings. The third-order valence-corrected chi connectivity index (χ3v) is 3.26. The quantitative estimate of drug-likeness (QED) is 0.794. The normalized spacial score (nSPS) is 11.4. The van der Waals surface area contributed by atoms with Gasteiger partial charge < -0.3 is 10.4 Å². The predicted molar refractivity (Wildman–Crippen MR) is 78.0 cm³/mol. The molecule has 0 saturated heterocycles. The summed E-state index contributed by atoms with van der Waals surface area (Å²) in [5.74, 6) is 0.0564. The van der Waals surface area contributed by atoms with Crippen LogP contribution in [0.1, 0.15) is 37.8 Å². The Labute approximate surface area is 116 Å². The van der Waals surface area contributed by atoms with Crippen LogP contribution >= 0.6 is 0 Å². The van der Waals surface area contributed by atoms with E-state index in [1.54, 1.807) is 0 Å². The molecule has 0 aliphatic carbocycles. The van der Waals surface area contributed by atoms with Crippen molar-refractivity contribution in [3.05, 3.63) is 35.4 Å². The van der Waals surface area contributed by atoms with Gasteiger partial charge in [-0.25, -0.2) is 0 Å². The standard InChI is InChI=1S/C16H25NO2/c1-13-5-7-14(8-6-13)11-15(19)17-12-16(2,3)9-4-10-18/h5-8,18H,4,9-12H2,1-3H3,(H,17,19). The van der Waals surface area contributed by atoms with Gasteiger partial charge in [0.15, 0.2) is 0 Å². The van der Waals surface area contributed by atoms with Crippen LogP contribution in [0.3, 0.4) is 0 Å². The summed E-state index contributed by atoms with van der Waals surface area (Å²) in [6.07, 6.45) is 2.12. The molecule has 0 unspecified atom stereocenters. The predicted octanol–water partition coefficient (Wildman–Crippen LogP) is 2.45. The van der Waals surface area contributed by atoms with E-state index in [0.717, 1.165) is 18.4 Å². The van der Waals surface area contributed by atoms with E-state index >= 15 is 0 Å². The van der Waals surface area contributed by atoms with E-state index in [9.17, 15) is 4.79 Å². The van der Waals surface area contributed by atoms with Gasteiger partial charge in [0.05, 0.1) is 6.42 Å². The van der Waals surface area contributed by atoms with E-state index in [-0.39, 0.29) is 17.9 Å². The molecule has 0 spiro atoms. The van der Waals surface area contributed by atoms with Gasteiger partial charge in [0.2, 0.25) is 5.91 Å². The molecule has 0 aliphatic heterocycles. The Balaban J connectivity index is 2.37. The lowest BCUT2D eigenvalue weighted by atomic mass is 9.88. The monoisotopic (exact) mass is 263 g/mol. The summed E-state index contributed by atoms with van der Waals surface area (Å²) in [5, 5.41) is 11.8. The van der Waals surface area contributed by atoms with E-state index < -0.39 is 0 Å². The number of carbonyl (C=O) groups is 1. The number of hydrogen-bond acceptors (Lipinski definition) is 2. The molecule has 0 atom stereocenters. The summed E-state index contributed by atoms with van der Waals surface area (Å²) in [5.41, 5.74) is 2.27. The first-order chi connectivity index (χ1) is 8.93. The zero-order valence-corrected chi connectivity index (χ0v) is 12.2. The maximum absolute atomic E-state index is 11.9. The number of carbonyl (C=O) groups excluding carboxylic acids is 1. The summed E-state index contributed by atoms with van der Waals surface area (Å²) < 4.78 is 0. The van der Waals surface area contributed by atoms with Gasteiger partial charge in [-0.2, -0.15) is 0 Å². The molecule has 1 amide bonds. The smallest absolute Gasteiger partial charge is 0.224 e. The van der Waals surface area contributed by atoms with Gasteiger partial charge in [-0.15, -0.1) is 0 Å². The van der Waals surface area contributed by atoms with Crippen molar-refractivity contribution in [2.24, 2.45) is 5.41 Å². The zero-order valence-electron chi connectivity index (χ0n) is 12.2. The molecule has 0 aliphatic rings. The second-order valence-corrected chi connectivity index (χ2v) is 5.93. The molecule has 0 aromatic heterocycles. The van der Waals surface area contributed by atoms with Crippen LogP contribution in [0.5, 0.6) is 0 Å². The van der Waals surface area contributed by atoms with Crippen molar-refractivity contribution >= 4 is 5.91 Å². The maximum Gasteiger partial charge on any atom is 0.224 e. The average molecular weight is 263 g/mol. The summed E-state index contributed by atoms with van der Waals surface area (Å²) in [4.78, 5) is 11.9. The number of benzene rings is 1. The lowest BCUT2D eigenvalue weighted by molar-refractivity contribution is -0.120. The number of aliphatic hydroxyl groups excluding tert-OH is 1. The maximum atomic E-state index is 11.9. The van der Waals surface area contributed by atoms with Crippen LogP contribution in [0.2, 0.25) is 0 Å². The van der Waals surface area contributed by atoms with Gasteiger partial charge in [-0.3, -0.25) is 4.79 Å². The first-order valence-corrected chi connectivity index (χ1v) is 6.86. The number of aryl methyl sites for hydroxylation is 1. The highest BCUT2D eigenvalue weighted by Gasteiger charge is 2.18.